The third-order valence-electron chi connectivity index (χ3n) is 5.23. The predicted octanol–water partition coefficient (Wildman–Crippen LogP) is 4.05. The second kappa shape index (κ2) is 7.28. The lowest BCUT2D eigenvalue weighted by Crippen LogP contribution is -2.33. The minimum Gasteiger partial charge on any atom is -0.392 e. The molecule has 2 aliphatic rings. The van der Waals surface area contributed by atoms with Crippen LogP contribution in [0.2, 0.25) is 5.15 Å². The van der Waals surface area contributed by atoms with Gasteiger partial charge in [0.15, 0.2) is 0 Å². The minimum absolute atomic E-state index is 0.144. The van der Waals surface area contributed by atoms with Crippen LogP contribution in [0.25, 0.3) is 6.08 Å². The van der Waals surface area contributed by atoms with E-state index in [0.717, 1.165) is 31.2 Å². The fraction of sp³-hybridized carbons (Fsp3) is 0.381. The number of fused-ring (bicyclic) bond motifs is 1. The summed E-state index contributed by atoms with van der Waals surface area (Å²) in [6.45, 7) is 1.30. The molecule has 0 radical (unpaired) electrons. The number of aryl methyl sites for hydroxylation is 1. The minimum atomic E-state index is -0.273. The molecule has 1 aromatic heterocycles. The Labute approximate surface area is 153 Å². The van der Waals surface area contributed by atoms with Crippen LogP contribution in [-0.4, -0.2) is 29.4 Å². The van der Waals surface area contributed by atoms with Crippen LogP contribution in [0.3, 0.4) is 0 Å². The lowest BCUT2D eigenvalue weighted by molar-refractivity contribution is -0.0224. The monoisotopic (exact) mass is 355 g/mol. The summed E-state index contributed by atoms with van der Waals surface area (Å²) in [7, 11) is 0. The molecule has 130 valence electrons. The van der Waals surface area contributed by atoms with E-state index in [1.807, 2.05) is 18.3 Å². The van der Waals surface area contributed by atoms with E-state index in [4.69, 9.17) is 16.3 Å². The number of aliphatic hydroxyl groups excluding tert-OH is 1. The van der Waals surface area contributed by atoms with Gasteiger partial charge in [-0.15, -0.1) is 0 Å². The van der Waals surface area contributed by atoms with E-state index in [0.29, 0.717) is 18.4 Å². The molecule has 4 heteroatoms. The molecular weight excluding hydrogens is 334 g/mol. The molecular formula is C21H22ClNO2. The van der Waals surface area contributed by atoms with Crippen molar-refractivity contribution >= 4 is 17.7 Å². The van der Waals surface area contributed by atoms with Crippen LogP contribution in [0.15, 0.2) is 42.1 Å². The SMILES string of the molecule is O[C@H]1CCOC[C@@H]1C1=Cc2cc(Cc3ccc(Cl)nc3)ccc2CC1. The highest BCUT2D eigenvalue weighted by atomic mass is 35.5. The molecule has 1 aliphatic heterocycles. The molecule has 0 amide bonds. The Kier molecular flexibility index (Phi) is 4.89. The van der Waals surface area contributed by atoms with Gasteiger partial charge in [0.25, 0.3) is 0 Å². The number of aliphatic hydroxyl groups is 1. The zero-order chi connectivity index (χ0) is 17.2. The van der Waals surface area contributed by atoms with Gasteiger partial charge < -0.3 is 9.84 Å². The Morgan fingerprint density at radius 2 is 2.04 bits per heavy atom. The summed E-state index contributed by atoms with van der Waals surface area (Å²) in [5.41, 5.74) is 6.40. The Balaban J connectivity index is 1.57. The molecule has 0 bridgehead atoms. The summed E-state index contributed by atoms with van der Waals surface area (Å²) in [6.07, 6.45) is 7.45. The number of hydrogen-bond acceptors (Lipinski definition) is 3. The summed E-state index contributed by atoms with van der Waals surface area (Å²) in [5.74, 6) is 0.144. The maximum Gasteiger partial charge on any atom is 0.129 e. The number of pyridine rings is 1. The first kappa shape index (κ1) is 16.8. The first-order valence-electron chi connectivity index (χ1n) is 8.87. The quantitative estimate of drug-likeness (QED) is 0.844. The van der Waals surface area contributed by atoms with Crippen molar-refractivity contribution in [1.29, 1.82) is 0 Å². The highest BCUT2D eigenvalue weighted by molar-refractivity contribution is 6.29. The van der Waals surface area contributed by atoms with Crippen molar-refractivity contribution in [1.82, 2.24) is 4.98 Å². The number of rotatable bonds is 3. The first-order chi connectivity index (χ1) is 12.2. The molecule has 1 saturated heterocycles. The van der Waals surface area contributed by atoms with Crippen molar-refractivity contribution in [3.05, 3.63) is 69.5 Å². The van der Waals surface area contributed by atoms with Crippen molar-refractivity contribution in [3.63, 3.8) is 0 Å². The third kappa shape index (κ3) is 3.79. The zero-order valence-corrected chi connectivity index (χ0v) is 14.9. The maximum absolute atomic E-state index is 10.3. The second-order valence-electron chi connectivity index (χ2n) is 6.96. The summed E-state index contributed by atoms with van der Waals surface area (Å²) in [6, 6.07) is 10.5. The van der Waals surface area contributed by atoms with Crippen molar-refractivity contribution in [2.24, 2.45) is 5.92 Å². The fourth-order valence-electron chi connectivity index (χ4n) is 3.79. The molecule has 0 spiro atoms. The van der Waals surface area contributed by atoms with Gasteiger partial charge in [0.2, 0.25) is 0 Å². The van der Waals surface area contributed by atoms with E-state index in [2.05, 4.69) is 29.3 Å². The van der Waals surface area contributed by atoms with Crippen LogP contribution >= 0.6 is 11.6 Å². The highest BCUT2D eigenvalue weighted by Crippen LogP contribution is 2.33. The number of ether oxygens (including phenoxy) is 1. The van der Waals surface area contributed by atoms with Gasteiger partial charge >= 0.3 is 0 Å². The number of benzene rings is 1. The van der Waals surface area contributed by atoms with E-state index in [9.17, 15) is 5.11 Å². The van der Waals surface area contributed by atoms with Crippen LogP contribution in [-0.2, 0) is 17.6 Å². The summed E-state index contributed by atoms with van der Waals surface area (Å²) in [5, 5.41) is 10.8. The van der Waals surface area contributed by atoms with E-state index in [1.54, 1.807) is 0 Å². The van der Waals surface area contributed by atoms with Crippen LogP contribution in [0.5, 0.6) is 0 Å². The van der Waals surface area contributed by atoms with Gasteiger partial charge in [0.05, 0.1) is 12.7 Å². The molecule has 2 heterocycles. The van der Waals surface area contributed by atoms with E-state index in [-0.39, 0.29) is 12.0 Å². The van der Waals surface area contributed by atoms with Crippen molar-refractivity contribution < 1.29 is 9.84 Å². The molecule has 1 N–H and O–H groups in total. The molecule has 25 heavy (non-hydrogen) atoms. The standard InChI is InChI=1S/C21H22ClNO2/c22-21-6-2-15(12-23-21)9-14-1-3-16-4-5-17(11-18(16)10-14)19-13-25-8-7-20(19)24/h1-3,6,10-12,19-20,24H,4-5,7-9,13H2/t19-,20+/m1/s1. The molecule has 3 nitrogen and oxygen atoms in total. The Morgan fingerprint density at radius 1 is 1.16 bits per heavy atom. The molecule has 1 aromatic carbocycles. The topological polar surface area (TPSA) is 42.4 Å². The normalized spacial score (nSPS) is 23.0. The predicted molar refractivity (Wildman–Crippen MR) is 99.7 cm³/mol. The van der Waals surface area contributed by atoms with Crippen molar-refractivity contribution in [2.75, 3.05) is 13.2 Å². The van der Waals surface area contributed by atoms with Gasteiger partial charge in [-0.05, 0) is 54.0 Å². The Hall–Kier alpha value is -1.68. The van der Waals surface area contributed by atoms with Crippen molar-refractivity contribution in [3.8, 4) is 0 Å². The van der Waals surface area contributed by atoms with Gasteiger partial charge in [-0.1, -0.05) is 47.5 Å². The first-order valence-corrected chi connectivity index (χ1v) is 9.25. The summed E-state index contributed by atoms with van der Waals surface area (Å²) in [4.78, 5) is 4.16. The zero-order valence-electron chi connectivity index (χ0n) is 14.1. The molecule has 1 fully saturated rings. The van der Waals surface area contributed by atoms with Gasteiger partial charge in [0.1, 0.15) is 5.15 Å². The van der Waals surface area contributed by atoms with Gasteiger partial charge in [-0.3, -0.25) is 0 Å². The van der Waals surface area contributed by atoms with Gasteiger partial charge in [-0.25, -0.2) is 4.98 Å². The van der Waals surface area contributed by atoms with E-state index >= 15 is 0 Å². The number of hydrogen-bond donors (Lipinski definition) is 1. The number of halogens is 1. The van der Waals surface area contributed by atoms with E-state index in [1.165, 1.54) is 22.3 Å². The van der Waals surface area contributed by atoms with E-state index < -0.39 is 0 Å². The van der Waals surface area contributed by atoms with Crippen LogP contribution in [0.1, 0.15) is 35.1 Å². The Bertz CT molecular complexity index is 785. The summed E-state index contributed by atoms with van der Waals surface area (Å²) >= 11 is 5.86. The lowest BCUT2D eigenvalue weighted by Gasteiger charge is -2.31. The molecule has 2 aromatic rings. The highest BCUT2D eigenvalue weighted by Gasteiger charge is 2.28. The van der Waals surface area contributed by atoms with Crippen LogP contribution < -0.4 is 0 Å². The lowest BCUT2D eigenvalue weighted by atomic mass is 9.81. The number of aromatic nitrogens is 1. The molecule has 2 atom stereocenters. The average Bonchev–Trinajstić information content (AvgIpc) is 2.63. The fourth-order valence-corrected chi connectivity index (χ4v) is 3.90. The average molecular weight is 356 g/mol. The van der Waals surface area contributed by atoms with Crippen molar-refractivity contribution in [2.45, 2.75) is 31.8 Å². The molecule has 1 aliphatic carbocycles. The smallest absolute Gasteiger partial charge is 0.129 e. The van der Waals surface area contributed by atoms with Crippen LogP contribution in [0.4, 0.5) is 0 Å². The van der Waals surface area contributed by atoms with Gasteiger partial charge in [0, 0.05) is 18.7 Å². The largest absolute Gasteiger partial charge is 0.392 e. The maximum atomic E-state index is 10.3. The molecule has 0 saturated carbocycles. The van der Waals surface area contributed by atoms with Gasteiger partial charge in [-0.2, -0.15) is 0 Å². The Morgan fingerprint density at radius 3 is 2.84 bits per heavy atom. The number of nitrogens with zero attached hydrogens (tertiary/aromatic N) is 1. The molecule has 4 rings (SSSR count). The third-order valence-corrected chi connectivity index (χ3v) is 5.45. The summed E-state index contributed by atoms with van der Waals surface area (Å²) < 4.78 is 5.59. The second-order valence-corrected chi connectivity index (χ2v) is 7.34. The molecule has 0 unspecified atom stereocenters. The van der Waals surface area contributed by atoms with Crippen LogP contribution in [0, 0.1) is 5.92 Å².